The highest BCUT2D eigenvalue weighted by atomic mass is 35.5. The summed E-state index contributed by atoms with van der Waals surface area (Å²) in [5.74, 6) is -0.665. The minimum atomic E-state index is -1.07. The summed E-state index contributed by atoms with van der Waals surface area (Å²) in [4.78, 5) is 10.7. The maximum atomic E-state index is 10.7. The second-order valence-electron chi connectivity index (χ2n) is 3.44. The monoisotopic (exact) mass is 214 g/mol. The van der Waals surface area contributed by atoms with Crippen LogP contribution in [0.5, 0.6) is 0 Å². The van der Waals surface area contributed by atoms with Gasteiger partial charge in [0.05, 0.1) is 5.69 Å². The number of carboxylic acid groups (broad SMARTS) is 1. The first-order chi connectivity index (χ1) is 6.50. The highest BCUT2D eigenvalue weighted by Crippen LogP contribution is 2.14. The molecule has 0 saturated heterocycles. The van der Waals surface area contributed by atoms with Gasteiger partial charge in [-0.25, -0.2) is 4.79 Å². The lowest BCUT2D eigenvalue weighted by molar-refractivity contribution is 0.0696. The van der Waals surface area contributed by atoms with Crippen molar-refractivity contribution < 1.29 is 9.90 Å². The van der Waals surface area contributed by atoms with Crippen molar-refractivity contribution in [3.8, 4) is 0 Å². The van der Waals surface area contributed by atoms with Crippen molar-refractivity contribution in [2.75, 3.05) is 0 Å². The van der Waals surface area contributed by atoms with Crippen LogP contribution >= 0.6 is 11.6 Å². The third kappa shape index (κ3) is 2.67. The third-order valence-electron chi connectivity index (χ3n) is 1.65. The topological polar surface area (TPSA) is 63.1 Å². The van der Waals surface area contributed by atoms with Gasteiger partial charge in [0, 0.05) is 0 Å². The van der Waals surface area contributed by atoms with E-state index in [1.807, 2.05) is 13.8 Å². The van der Waals surface area contributed by atoms with Crippen LogP contribution in [0.4, 0.5) is 0 Å². The molecule has 0 amide bonds. The lowest BCUT2D eigenvalue weighted by Crippen LogP contribution is -2.05. The van der Waals surface area contributed by atoms with Gasteiger partial charge in [-0.05, 0) is 18.4 Å². The second kappa shape index (κ2) is 4.37. The van der Waals surface area contributed by atoms with Crippen molar-refractivity contribution >= 4 is 17.6 Å². The largest absolute Gasteiger partial charge is 0.478 e. The molecule has 1 heterocycles. The predicted octanol–water partition coefficient (Wildman–Crippen LogP) is 2.03. The Morgan fingerprint density at radius 2 is 2.21 bits per heavy atom. The first-order valence-electron chi connectivity index (χ1n) is 4.26. The Balaban J connectivity index is 3.00. The molecule has 1 aromatic heterocycles. The molecule has 0 radical (unpaired) electrons. The lowest BCUT2D eigenvalue weighted by Gasteiger charge is -2.04. The average Bonchev–Trinajstić information content (AvgIpc) is 2.07. The Hall–Kier alpha value is -1.16. The van der Waals surface area contributed by atoms with Crippen molar-refractivity contribution in [1.29, 1.82) is 0 Å². The molecule has 0 aromatic carbocycles. The van der Waals surface area contributed by atoms with Crippen molar-refractivity contribution in [2.24, 2.45) is 5.92 Å². The first kappa shape index (κ1) is 10.9. The Morgan fingerprint density at radius 3 is 2.71 bits per heavy atom. The molecule has 0 aliphatic rings. The first-order valence-corrected chi connectivity index (χ1v) is 4.64. The van der Waals surface area contributed by atoms with Crippen LogP contribution in [0.3, 0.4) is 0 Å². The van der Waals surface area contributed by atoms with E-state index in [1.165, 1.54) is 6.07 Å². The highest BCUT2D eigenvalue weighted by molar-refractivity contribution is 6.32. The van der Waals surface area contributed by atoms with E-state index in [2.05, 4.69) is 10.2 Å². The quantitative estimate of drug-likeness (QED) is 0.836. The summed E-state index contributed by atoms with van der Waals surface area (Å²) < 4.78 is 0. The molecule has 14 heavy (non-hydrogen) atoms. The van der Waals surface area contributed by atoms with Crippen LogP contribution in [-0.4, -0.2) is 21.3 Å². The molecule has 76 valence electrons. The van der Waals surface area contributed by atoms with Crippen LogP contribution < -0.4 is 0 Å². The fraction of sp³-hybridized carbons (Fsp3) is 0.444. The molecule has 0 saturated carbocycles. The summed E-state index contributed by atoms with van der Waals surface area (Å²) in [7, 11) is 0. The Kier molecular flexibility index (Phi) is 3.41. The zero-order valence-corrected chi connectivity index (χ0v) is 8.75. The van der Waals surface area contributed by atoms with Gasteiger partial charge in [-0.3, -0.25) is 0 Å². The van der Waals surface area contributed by atoms with E-state index in [4.69, 9.17) is 16.7 Å². The molecule has 0 atom stereocenters. The van der Waals surface area contributed by atoms with Gasteiger partial charge in [-0.2, -0.15) is 5.10 Å². The van der Waals surface area contributed by atoms with Gasteiger partial charge in [0.25, 0.3) is 0 Å². The van der Waals surface area contributed by atoms with Crippen molar-refractivity contribution in [3.05, 3.63) is 22.5 Å². The van der Waals surface area contributed by atoms with E-state index in [0.29, 0.717) is 18.0 Å². The number of carbonyl (C=O) groups is 1. The van der Waals surface area contributed by atoms with Gasteiger partial charge in [-0.15, -0.1) is 5.10 Å². The molecule has 0 unspecified atom stereocenters. The van der Waals surface area contributed by atoms with Crippen molar-refractivity contribution in [3.63, 3.8) is 0 Å². The molecule has 5 heteroatoms. The van der Waals surface area contributed by atoms with Gasteiger partial charge in [0.2, 0.25) is 0 Å². The molecule has 0 aliphatic carbocycles. The normalized spacial score (nSPS) is 10.6. The maximum absolute atomic E-state index is 10.7. The summed E-state index contributed by atoms with van der Waals surface area (Å²) in [6, 6.07) is 1.47. The van der Waals surface area contributed by atoms with Crippen LogP contribution in [0.25, 0.3) is 0 Å². The number of halogens is 1. The van der Waals surface area contributed by atoms with Gasteiger partial charge in [0.15, 0.2) is 5.15 Å². The molecule has 1 rings (SSSR count). The van der Waals surface area contributed by atoms with Crippen LogP contribution in [0.2, 0.25) is 5.15 Å². The summed E-state index contributed by atoms with van der Waals surface area (Å²) in [6.07, 6.45) is 0.699. The van der Waals surface area contributed by atoms with E-state index < -0.39 is 5.97 Å². The standard InChI is InChI=1S/C9H11ClN2O2/c1-5(2)3-6-4-7(9(13)14)8(10)12-11-6/h4-5H,3H2,1-2H3,(H,13,14). The minimum Gasteiger partial charge on any atom is -0.478 e. The van der Waals surface area contributed by atoms with Gasteiger partial charge in [0.1, 0.15) is 5.56 Å². The van der Waals surface area contributed by atoms with E-state index in [0.717, 1.165) is 0 Å². The van der Waals surface area contributed by atoms with E-state index in [1.54, 1.807) is 0 Å². The Bertz CT molecular complexity index is 353. The van der Waals surface area contributed by atoms with Crippen molar-refractivity contribution in [1.82, 2.24) is 10.2 Å². The molecule has 1 aromatic rings. The summed E-state index contributed by atoms with van der Waals surface area (Å²) >= 11 is 5.57. The number of rotatable bonds is 3. The third-order valence-corrected chi connectivity index (χ3v) is 1.93. The number of nitrogens with zero attached hydrogens (tertiary/aromatic N) is 2. The zero-order chi connectivity index (χ0) is 10.7. The Morgan fingerprint density at radius 1 is 1.57 bits per heavy atom. The Labute approximate surface area is 86.9 Å². The number of hydrogen-bond acceptors (Lipinski definition) is 3. The molecular weight excluding hydrogens is 204 g/mol. The highest BCUT2D eigenvalue weighted by Gasteiger charge is 2.12. The second-order valence-corrected chi connectivity index (χ2v) is 3.80. The fourth-order valence-electron chi connectivity index (χ4n) is 1.09. The summed E-state index contributed by atoms with van der Waals surface area (Å²) in [5.41, 5.74) is 0.666. The smallest absolute Gasteiger partial charge is 0.338 e. The number of aromatic nitrogens is 2. The molecule has 1 N–H and O–H groups in total. The number of hydrogen-bond donors (Lipinski definition) is 1. The molecule has 0 fully saturated rings. The average molecular weight is 215 g/mol. The van der Waals surface area contributed by atoms with Crippen LogP contribution in [-0.2, 0) is 6.42 Å². The van der Waals surface area contributed by atoms with Gasteiger partial charge >= 0.3 is 5.97 Å². The van der Waals surface area contributed by atoms with Crippen LogP contribution in [0.15, 0.2) is 6.07 Å². The summed E-state index contributed by atoms with van der Waals surface area (Å²) in [6.45, 7) is 4.05. The molecule has 4 nitrogen and oxygen atoms in total. The van der Waals surface area contributed by atoms with E-state index in [9.17, 15) is 4.79 Å². The fourth-order valence-corrected chi connectivity index (χ4v) is 1.26. The molecular formula is C9H11ClN2O2. The predicted molar refractivity (Wildman–Crippen MR) is 52.5 cm³/mol. The summed E-state index contributed by atoms with van der Waals surface area (Å²) in [5, 5.41) is 16.1. The van der Waals surface area contributed by atoms with E-state index >= 15 is 0 Å². The number of carboxylic acids is 1. The van der Waals surface area contributed by atoms with Gasteiger partial charge < -0.3 is 5.11 Å². The van der Waals surface area contributed by atoms with E-state index in [-0.39, 0.29) is 10.7 Å². The van der Waals surface area contributed by atoms with Gasteiger partial charge in [-0.1, -0.05) is 25.4 Å². The van der Waals surface area contributed by atoms with Crippen LogP contribution in [0, 0.1) is 5.92 Å². The maximum Gasteiger partial charge on any atom is 0.338 e. The molecule has 0 spiro atoms. The van der Waals surface area contributed by atoms with Crippen LogP contribution in [0.1, 0.15) is 29.9 Å². The molecule has 0 bridgehead atoms. The molecule has 0 aliphatic heterocycles. The lowest BCUT2D eigenvalue weighted by atomic mass is 10.1. The SMILES string of the molecule is CC(C)Cc1cc(C(=O)O)c(Cl)nn1. The van der Waals surface area contributed by atoms with Crippen molar-refractivity contribution in [2.45, 2.75) is 20.3 Å². The minimum absolute atomic E-state index is 0.0114. The number of aromatic carboxylic acids is 1. The zero-order valence-electron chi connectivity index (χ0n) is 7.99.